The molecule has 468 valence electrons. The second-order valence-electron chi connectivity index (χ2n) is 22.0. The zero-order valence-electron chi connectivity index (χ0n) is 49.4. The third kappa shape index (κ3) is 16.6. The number of nitrogens with one attached hydrogen (secondary N) is 3. The Kier molecular flexibility index (Phi) is 23.7. The Morgan fingerprint density at radius 3 is 0.811 bits per heavy atom. The van der Waals surface area contributed by atoms with E-state index in [0.29, 0.717) is 64.3 Å². The topological polar surface area (TPSA) is 150 Å². The van der Waals surface area contributed by atoms with Crippen molar-refractivity contribution in [3.8, 4) is 50.8 Å². The molecule has 24 heteroatoms. The number of carbonyl (C=O) groups is 3. The van der Waals surface area contributed by atoms with Gasteiger partial charge in [0.2, 0.25) is 0 Å². The fraction of sp³-hybridized carbons (Fsp3) is 0.273. The lowest BCUT2D eigenvalue weighted by molar-refractivity contribution is 0.0736. The summed E-state index contributed by atoms with van der Waals surface area (Å²) in [4.78, 5) is 39.2. The lowest BCUT2D eigenvalue weighted by Crippen LogP contribution is -2.45. The van der Waals surface area contributed by atoms with Crippen molar-refractivity contribution >= 4 is 155 Å². The van der Waals surface area contributed by atoms with Crippen LogP contribution in [0.3, 0.4) is 0 Å². The number of aromatic nitrogens is 6. The smallest absolute Gasteiger partial charge is 0.283 e. The number of benzene rings is 6. The van der Waals surface area contributed by atoms with Gasteiger partial charge in [0.1, 0.15) is 0 Å². The van der Waals surface area contributed by atoms with Crippen LogP contribution < -0.4 is 16.3 Å². The first-order chi connectivity index (χ1) is 43.3. The van der Waals surface area contributed by atoms with Gasteiger partial charge in [-0.15, -0.1) is 0 Å². The predicted molar refractivity (Wildman–Crippen MR) is 388 cm³/mol. The molecule has 0 aliphatic carbocycles. The lowest BCUT2D eigenvalue weighted by atomic mass is 10.1. The van der Waals surface area contributed by atoms with E-state index in [1.54, 1.807) is 50.4 Å². The Morgan fingerprint density at radius 2 is 0.589 bits per heavy atom. The van der Waals surface area contributed by atoms with Crippen LogP contribution in [0.25, 0.3) is 50.8 Å². The largest absolute Gasteiger partial charge is 0.286 e. The fourth-order valence-electron chi connectivity index (χ4n) is 11.1. The molecule has 12 rings (SSSR count). The predicted octanol–water partition coefficient (Wildman–Crippen LogP) is 17.7. The molecule has 3 amide bonds. The molecule has 3 N–H and O–H groups in total. The molecule has 15 nitrogen and oxygen atoms in total. The van der Waals surface area contributed by atoms with Crippen LogP contribution in [0.5, 0.6) is 0 Å². The van der Waals surface area contributed by atoms with E-state index in [9.17, 15) is 14.4 Å². The normalized spacial score (nSPS) is 14.7. The summed E-state index contributed by atoms with van der Waals surface area (Å²) < 4.78 is 8.61. The van der Waals surface area contributed by atoms with Crippen LogP contribution in [0.1, 0.15) is 106 Å². The van der Waals surface area contributed by atoms with Crippen LogP contribution >= 0.6 is 137 Å². The van der Waals surface area contributed by atoms with Crippen molar-refractivity contribution in [2.24, 2.45) is 0 Å². The molecule has 6 heterocycles. The van der Waals surface area contributed by atoms with Gasteiger partial charge in [-0.3, -0.25) is 30.7 Å². The number of hydrogen-bond acceptors (Lipinski definition) is 9. The van der Waals surface area contributed by atoms with E-state index in [2.05, 4.69) is 99.3 Å². The Labute approximate surface area is 594 Å². The van der Waals surface area contributed by atoms with E-state index in [0.717, 1.165) is 139 Å². The number of hydrogen-bond donors (Lipinski definition) is 3. The van der Waals surface area contributed by atoms with E-state index < -0.39 is 0 Å². The summed E-state index contributed by atoms with van der Waals surface area (Å²) in [7, 11) is 0. The number of amides is 3. The zero-order chi connectivity index (χ0) is 63.8. The average molecular weight is 1670 g/mol. The molecule has 3 aliphatic rings. The molecule has 3 aromatic heterocycles. The van der Waals surface area contributed by atoms with E-state index in [1.165, 1.54) is 19.3 Å². The van der Waals surface area contributed by atoms with Crippen molar-refractivity contribution in [2.75, 3.05) is 39.3 Å². The van der Waals surface area contributed by atoms with Crippen LogP contribution in [-0.2, 0) is 0 Å². The average Bonchev–Trinajstić information content (AvgIpc) is 1.80. The Hall–Kier alpha value is -4.83. The highest BCUT2D eigenvalue weighted by molar-refractivity contribution is 14.1. The molecule has 0 saturated carbocycles. The van der Waals surface area contributed by atoms with Crippen molar-refractivity contribution in [3.63, 3.8) is 0 Å². The molecule has 3 fully saturated rings. The molecule has 9 aromatic rings. The molecule has 6 aromatic carbocycles. The van der Waals surface area contributed by atoms with Gasteiger partial charge in [-0.2, -0.15) is 15.3 Å². The summed E-state index contributed by atoms with van der Waals surface area (Å²) in [6.45, 7) is 10.9. The van der Waals surface area contributed by atoms with E-state index >= 15 is 0 Å². The van der Waals surface area contributed by atoms with Crippen LogP contribution in [0.2, 0.25) is 30.1 Å². The molecule has 0 spiro atoms. The fourth-order valence-corrected chi connectivity index (χ4v) is 13.6. The molecular weight excluding hydrogens is 1600 g/mol. The maximum atomic E-state index is 13.1. The monoisotopic (exact) mass is 1660 g/mol. The number of hydrazine groups is 3. The lowest BCUT2D eigenvalue weighted by Gasteiger charge is -2.26. The van der Waals surface area contributed by atoms with Gasteiger partial charge in [-0.25, -0.2) is 29.1 Å². The van der Waals surface area contributed by atoms with Gasteiger partial charge in [0, 0.05) is 98.4 Å². The molecule has 3 aliphatic heterocycles. The number of nitrogens with zero attached hydrogens (tertiary/aromatic N) is 9. The molecule has 3 saturated heterocycles. The second kappa shape index (κ2) is 31.4. The first-order valence-corrected chi connectivity index (χ1v) is 34.9. The second-order valence-corrected chi connectivity index (χ2v) is 28.2. The summed E-state index contributed by atoms with van der Waals surface area (Å²) in [6, 6.07) is 40.2. The van der Waals surface area contributed by atoms with Gasteiger partial charge >= 0.3 is 0 Å². The van der Waals surface area contributed by atoms with Crippen LogP contribution in [0, 0.1) is 31.5 Å². The Bertz CT molecular complexity index is 3640. The molecule has 0 bridgehead atoms. The van der Waals surface area contributed by atoms with Crippen molar-refractivity contribution in [1.82, 2.24) is 60.6 Å². The van der Waals surface area contributed by atoms with E-state index in [-0.39, 0.29) is 17.7 Å². The van der Waals surface area contributed by atoms with Crippen molar-refractivity contribution < 1.29 is 14.4 Å². The number of carbonyl (C=O) groups excluding carboxylic acids is 3. The summed E-state index contributed by atoms with van der Waals surface area (Å²) in [5, 5.41) is 23.0. The minimum Gasteiger partial charge on any atom is -0.283 e. The summed E-state index contributed by atoms with van der Waals surface area (Å²) in [6.07, 6.45) is 10.1. The zero-order valence-corrected chi connectivity index (χ0v) is 60.4. The van der Waals surface area contributed by atoms with Crippen molar-refractivity contribution in [1.29, 1.82) is 0 Å². The first kappa shape index (κ1) is 68.0. The van der Waals surface area contributed by atoms with Crippen LogP contribution in [0.4, 0.5) is 0 Å². The van der Waals surface area contributed by atoms with Crippen molar-refractivity contribution in [3.05, 3.63) is 202 Å². The quantitative estimate of drug-likeness (QED) is 0.102. The summed E-state index contributed by atoms with van der Waals surface area (Å²) in [5.41, 5.74) is 20.0. The number of piperidine rings is 3. The maximum Gasteiger partial charge on any atom is 0.286 e. The summed E-state index contributed by atoms with van der Waals surface area (Å²) >= 11 is 44.6. The van der Waals surface area contributed by atoms with Crippen LogP contribution in [0.15, 0.2) is 127 Å². The minimum atomic E-state index is -0.204. The number of rotatable bonds is 12. The highest BCUT2D eigenvalue weighted by Gasteiger charge is 2.29. The molecule has 90 heavy (non-hydrogen) atoms. The van der Waals surface area contributed by atoms with Gasteiger partial charge < -0.3 is 0 Å². The van der Waals surface area contributed by atoms with E-state index in [1.807, 2.05) is 127 Å². The standard InChI is InChI=1S/3C22H21Cl2IN4O/c3*1-14-20(22(30)27-28-11-3-2-4-12-28)26-29(19-10-7-16(23)13-18(19)24)21(14)15-5-8-17(25)9-6-15/h3*5-10,13H,2-4,11-12H2,1H3,(H,27,30). The minimum absolute atomic E-state index is 0.204. The van der Waals surface area contributed by atoms with Crippen LogP contribution in [-0.4, -0.2) is 101 Å². The SMILES string of the molecule is Cc1c(C(=O)NN2CCCCC2)nn(-c2ccc(Cl)cc2Cl)c1-c1ccc(I)cc1.Cc1c(C(=O)NN2CCCCC2)nn(-c2ccc(Cl)cc2Cl)c1-c1ccc(I)cc1.Cc1c(C(=O)NN2CCCCC2)nn(-c2ccc(Cl)cc2Cl)c1-c1ccc(I)cc1. The Morgan fingerprint density at radius 1 is 0.356 bits per heavy atom. The molecular formula is C66H63Cl6I3N12O3. The Balaban J connectivity index is 0.000000148. The van der Waals surface area contributed by atoms with Gasteiger partial charge in [-0.1, -0.05) is 125 Å². The first-order valence-electron chi connectivity index (χ1n) is 29.4. The summed E-state index contributed by atoms with van der Waals surface area (Å²) in [5.74, 6) is -0.611. The van der Waals surface area contributed by atoms with Gasteiger partial charge in [0.25, 0.3) is 17.7 Å². The highest BCUT2D eigenvalue weighted by atomic mass is 127. The maximum absolute atomic E-state index is 13.1. The molecule has 0 atom stereocenters. The van der Waals surface area contributed by atoms with Gasteiger partial charge in [0.15, 0.2) is 17.1 Å². The van der Waals surface area contributed by atoms with Gasteiger partial charge in [0.05, 0.1) is 49.2 Å². The van der Waals surface area contributed by atoms with E-state index in [4.69, 9.17) is 69.6 Å². The number of halogens is 9. The van der Waals surface area contributed by atoms with Crippen molar-refractivity contribution in [2.45, 2.75) is 78.6 Å². The third-order valence-corrected chi connectivity index (χ3v) is 19.4. The molecule has 0 unspecified atom stereocenters. The van der Waals surface area contributed by atoms with Gasteiger partial charge in [-0.05, 0) is 218 Å². The molecule has 0 radical (unpaired) electrons. The third-order valence-electron chi connectivity index (χ3n) is 15.6. The highest BCUT2D eigenvalue weighted by Crippen LogP contribution is 2.37.